The summed E-state index contributed by atoms with van der Waals surface area (Å²) in [7, 11) is 0. The molecule has 1 aromatic heterocycles. The summed E-state index contributed by atoms with van der Waals surface area (Å²) in [4.78, 5) is 38.7. The second-order valence-electron chi connectivity index (χ2n) is 8.62. The van der Waals surface area contributed by atoms with Gasteiger partial charge in [0.2, 0.25) is 0 Å². The van der Waals surface area contributed by atoms with Gasteiger partial charge in [0.1, 0.15) is 5.58 Å². The zero-order chi connectivity index (χ0) is 25.5. The second kappa shape index (κ2) is 11.5. The first kappa shape index (κ1) is 24.9. The van der Waals surface area contributed by atoms with Crippen molar-refractivity contribution in [1.29, 1.82) is 0 Å². The van der Waals surface area contributed by atoms with Crippen molar-refractivity contribution in [3.8, 4) is 0 Å². The number of aliphatic hydroxyl groups excluding tert-OH is 1. The molecule has 7 nitrogen and oxygen atoms in total. The lowest BCUT2D eigenvalue weighted by molar-refractivity contribution is -0.130. The van der Waals surface area contributed by atoms with Crippen LogP contribution in [0, 0.1) is 6.92 Å². The van der Waals surface area contributed by atoms with Crippen molar-refractivity contribution >= 4 is 22.8 Å². The van der Waals surface area contributed by atoms with Crippen molar-refractivity contribution in [2.75, 3.05) is 6.54 Å². The van der Waals surface area contributed by atoms with E-state index in [-0.39, 0.29) is 28.8 Å². The molecule has 3 N–H and O–H groups in total. The lowest BCUT2D eigenvalue weighted by Gasteiger charge is -2.24. The summed E-state index contributed by atoms with van der Waals surface area (Å²) in [5.41, 5.74) is 2.03. The molecule has 3 aromatic carbocycles. The first-order valence-corrected chi connectivity index (χ1v) is 11.8. The summed E-state index contributed by atoms with van der Waals surface area (Å²) < 4.78 is 5.75. The van der Waals surface area contributed by atoms with Crippen LogP contribution in [0.15, 0.2) is 94.1 Å². The summed E-state index contributed by atoms with van der Waals surface area (Å²) in [6, 6.07) is 24.6. The number of rotatable bonds is 9. The topological polar surface area (TPSA) is 109 Å². The Kier molecular flexibility index (Phi) is 7.92. The minimum Gasteiger partial charge on any atom is -0.450 e. The Balaban J connectivity index is 1.52. The fourth-order valence-corrected chi connectivity index (χ4v) is 4.06. The lowest BCUT2D eigenvalue weighted by atomic mass is 10.00. The fraction of sp³-hybridized carbons (Fsp3) is 0.207. The largest absolute Gasteiger partial charge is 0.450 e. The molecule has 2 amide bonds. The van der Waals surface area contributed by atoms with Gasteiger partial charge in [0.05, 0.1) is 11.4 Å². The van der Waals surface area contributed by atoms with E-state index in [9.17, 15) is 19.5 Å². The molecule has 0 fully saturated rings. The van der Waals surface area contributed by atoms with Crippen LogP contribution in [-0.4, -0.2) is 35.6 Å². The highest BCUT2D eigenvalue weighted by molar-refractivity contribution is 5.95. The minimum absolute atomic E-state index is 0.145. The molecule has 0 saturated heterocycles. The van der Waals surface area contributed by atoms with Crippen molar-refractivity contribution in [1.82, 2.24) is 10.6 Å². The van der Waals surface area contributed by atoms with E-state index in [4.69, 9.17) is 4.42 Å². The predicted octanol–water partition coefficient (Wildman–Crippen LogP) is 3.16. The molecule has 2 atom stereocenters. The Morgan fingerprint density at radius 1 is 0.889 bits per heavy atom. The molecule has 0 aliphatic carbocycles. The number of amides is 2. The van der Waals surface area contributed by atoms with Crippen molar-refractivity contribution in [2.24, 2.45) is 0 Å². The molecule has 7 heteroatoms. The third kappa shape index (κ3) is 5.87. The zero-order valence-corrected chi connectivity index (χ0v) is 19.9. The van der Waals surface area contributed by atoms with Crippen molar-refractivity contribution in [3.05, 3.63) is 118 Å². The van der Waals surface area contributed by atoms with Gasteiger partial charge in [-0.15, -0.1) is 0 Å². The monoisotopic (exact) mass is 484 g/mol. The molecule has 184 valence electrons. The van der Waals surface area contributed by atoms with Gasteiger partial charge >= 0.3 is 0 Å². The highest BCUT2D eigenvalue weighted by atomic mass is 16.3. The fourth-order valence-electron chi connectivity index (χ4n) is 4.06. The molecular weight excluding hydrogens is 456 g/mol. The predicted molar refractivity (Wildman–Crippen MR) is 138 cm³/mol. The second-order valence-corrected chi connectivity index (χ2v) is 8.62. The molecule has 0 aliphatic rings. The van der Waals surface area contributed by atoms with Gasteiger partial charge in [-0.1, -0.05) is 72.8 Å². The molecule has 4 rings (SSSR count). The highest BCUT2D eigenvalue weighted by Gasteiger charge is 2.29. The molecule has 4 aromatic rings. The molecular formula is C29H28N2O5. The Morgan fingerprint density at radius 3 is 2.19 bits per heavy atom. The van der Waals surface area contributed by atoms with Crippen LogP contribution < -0.4 is 16.1 Å². The van der Waals surface area contributed by atoms with Gasteiger partial charge in [-0.05, 0) is 43.0 Å². The molecule has 0 saturated carbocycles. The van der Waals surface area contributed by atoms with Crippen molar-refractivity contribution in [3.63, 3.8) is 0 Å². The number of hydrogen-bond donors (Lipinski definition) is 3. The SMILES string of the molecule is Cc1c(C(=O)N[C@@H](Cc2ccccc2)[C@@H](O)C(=O)NCCc2ccccc2)oc2ccccc2c1=O. The molecule has 36 heavy (non-hydrogen) atoms. The summed E-state index contributed by atoms with van der Waals surface area (Å²) in [6.45, 7) is 1.86. The van der Waals surface area contributed by atoms with Gasteiger partial charge in [-0.2, -0.15) is 0 Å². The van der Waals surface area contributed by atoms with Crippen LogP contribution in [-0.2, 0) is 17.6 Å². The maximum absolute atomic E-state index is 13.2. The van der Waals surface area contributed by atoms with E-state index in [1.807, 2.05) is 60.7 Å². The van der Waals surface area contributed by atoms with Crippen molar-refractivity contribution < 1.29 is 19.1 Å². The first-order valence-electron chi connectivity index (χ1n) is 11.8. The van der Waals surface area contributed by atoms with E-state index in [2.05, 4.69) is 10.6 Å². The average Bonchev–Trinajstić information content (AvgIpc) is 2.91. The van der Waals surface area contributed by atoms with Crippen LogP contribution in [0.4, 0.5) is 0 Å². The van der Waals surface area contributed by atoms with Crippen LogP contribution in [0.25, 0.3) is 11.0 Å². The van der Waals surface area contributed by atoms with Crippen LogP contribution in [0.5, 0.6) is 0 Å². The van der Waals surface area contributed by atoms with E-state index in [1.165, 1.54) is 6.92 Å². The number of aliphatic hydroxyl groups is 1. The molecule has 0 bridgehead atoms. The summed E-state index contributed by atoms with van der Waals surface area (Å²) in [5.74, 6) is -1.41. The number of nitrogens with one attached hydrogen (secondary N) is 2. The number of benzene rings is 3. The molecule has 1 heterocycles. The highest BCUT2D eigenvalue weighted by Crippen LogP contribution is 2.16. The van der Waals surface area contributed by atoms with Crippen LogP contribution in [0.2, 0.25) is 0 Å². The summed E-state index contributed by atoms with van der Waals surface area (Å²) in [5, 5.41) is 16.8. The Hall–Kier alpha value is -4.23. The van der Waals surface area contributed by atoms with Gasteiger partial charge in [0.15, 0.2) is 17.3 Å². The maximum Gasteiger partial charge on any atom is 0.287 e. The Bertz CT molecular complexity index is 1400. The standard InChI is InChI=1S/C29H28N2O5/c1-19-25(32)22-14-8-9-15-24(22)36-27(19)29(35)31-23(18-21-12-6-3-7-13-21)26(33)28(34)30-17-16-20-10-4-2-5-11-20/h2-15,23,26,33H,16-18H2,1H3,(H,30,34)(H,31,35)/t23-,26+/m0/s1. The normalized spacial score (nSPS) is 12.6. The Labute approximate surface area is 208 Å². The van der Waals surface area contributed by atoms with E-state index < -0.39 is 24.0 Å². The molecule has 0 aliphatic heterocycles. The molecule has 0 spiro atoms. The maximum atomic E-state index is 13.2. The number of carbonyl (C=O) groups is 2. The van der Waals surface area contributed by atoms with E-state index >= 15 is 0 Å². The van der Waals surface area contributed by atoms with Crippen LogP contribution in [0.3, 0.4) is 0 Å². The van der Waals surface area contributed by atoms with Crippen molar-refractivity contribution in [2.45, 2.75) is 31.9 Å². The van der Waals surface area contributed by atoms with Crippen LogP contribution in [0.1, 0.15) is 27.2 Å². The van der Waals surface area contributed by atoms with Gasteiger partial charge in [0.25, 0.3) is 11.8 Å². The number of fused-ring (bicyclic) bond motifs is 1. The van der Waals surface area contributed by atoms with E-state index in [0.717, 1.165) is 11.1 Å². The third-order valence-electron chi connectivity index (χ3n) is 6.05. The first-order chi connectivity index (χ1) is 17.4. The zero-order valence-electron chi connectivity index (χ0n) is 19.9. The van der Waals surface area contributed by atoms with E-state index in [1.54, 1.807) is 24.3 Å². The summed E-state index contributed by atoms with van der Waals surface area (Å²) >= 11 is 0. The number of para-hydroxylation sites is 1. The lowest BCUT2D eigenvalue weighted by Crippen LogP contribution is -2.52. The Morgan fingerprint density at radius 2 is 1.50 bits per heavy atom. The van der Waals surface area contributed by atoms with Gasteiger partial charge in [-0.3, -0.25) is 14.4 Å². The summed E-state index contributed by atoms with van der Waals surface area (Å²) in [6.07, 6.45) is -0.704. The number of hydrogen-bond acceptors (Lipinski definition) is 5. The quantitative estimate of drug-likeness (QED) is 0.338. The van der Waals surface area contributed by atoms with Gasteiger partial charge < -0.3 is 20.2 Å². The number of carbonyl (C=O) groups excluding carboxylic acids is 2. The average molecular weight is 485 g/mol. The third-order valence-corrected chi connectivity index (χ3v) is 6.05. The minimum atomic E-state index is -1.52. The molecule has 0 unspecified atom stereocenters. The molecule has 0 radical (unpaired) electrons. The van der Waals surface area contributed by atoms with Crippen LogP contribution >= 0.6 is 0 Å². The smallest absolute Gasteiger partial charge is 0.287 e. The van der Waals surface area contributed by atoms with Gasteiger partial charge in [-0.25, -0.2) is 0 Å². The van der Waals surface area contributed by atoms with E-state index in [0.29, 0.717) is 18.4 Å². The van der Waals surface area contributed by atoms with Gasteiger partial charge in [0, 0.05) is 12.1 Å².